The third-order valence-electron chi connectivity index (χ3n) is 5.39. The summed E-state index contributed by atoms with van der Waals surface area (Å²) in [5.41, 5.74) is -0.859. The second-order valence-electron chi connectivity index (χ2n) is 9.06. The fraction of sp³-hybridized carbons (Fsp3) is 0.818. The van der Waals surface area contributed by atoms with Gasteiger partial charge in [0.2, 0.25) is 29.3 Å². The summed E-state index contributed by atoms with van der Waals surface area (Å²) in [6.45, 7) is 9.53. The van der Waals surface area contributed by atoms with Crippen molar-refractivity contribution in [1.29, 1.82) is 0 Å². The van der Waals surface area contributed by atoms with E-state index < -0.39 is 31.6 Å². The highest BCUT2D eigenvalue weighted by Crippen LogP contribution is 2.38. The Labute approximate surface area is 192 Å². The first-order valence-corrected chi connectivity index (χ1v) is 12.7. The van der Waals surface area contributed by atoms with Crippen LogP contribution in [0.3, 0.4) is 0 Å². The van der Waals surface area contributed by atoms with Gasteiger partial charge >= 0.3 is 8.03 Å². The molecule has 1 aliphatic heterocycles. The van der Waals surface area contributed by atoms with Crippen LogP contribution in [-0.2, 0) is 28.3 Å². The molecule has 2 N–H and O–H groups in total. The second kappa shape index (κ2) is 13.6. The summed E-state index contributed by atoms with van der Waals surface area (Å²) in [6, 6.07) is -0.731. The zero-order valence-corrected chi connectivity index (χ0v) is 21.1. The van der Waals surface area contributed by atoms with E-state index in [2.05, 4.69) is 10.6 Å². The Hall–Kier alpha value is -1.86. The minimum Gasteiger partial charge on any atom is -0.357 e. The quantitative estimate of drug-likeness (QED) is 0.314. The van der Waals surface area contributed by atoms with E-state index in [1.165, 1.54) is 7.05 Å². The predicted octanol–water partition coefficient (Wildman–Crippen LogP) is 2.61. The molecule has 32 heavy (non-hydrogen) atoms. The number of nitrogens with one attached hydrogen (secondary N) is 2. The highest BCUT2D eigenvalue weighted by atomic mass is 31.1. The molecule has 10 heteroatoms. The average molecular weight is 473 g/mol. The van der Waals surface area contributed by atoms with Gasteiger partial charge in [-0.15, -0.1) is 4.52 Å². The first kappa shape index (κ1) is 28.2. The van der Waals surface area contributed by atoms with E-state index in [0.29, 0.717) is 19.3 Å². The van der Waals surface area contributed by atoms with Crippen molar-refractivity contribution in [1.82, 2.24) is 15.5 Å². The van der Waals surface area contributed by atoms with Crippen molar-refractivity contribution in [3.63, 3.8) is 0 Å². The van der Waals surface area contributed by atoms with E-state index in [9.17, 15) is 23.7 Å². The standard InChI is InChI=1S/C22H38N3O6P/c1-7-31-32(30)18(13-25-19(26)9-8-10-20(25)27)16(11-14(2)3)21(28)24-17(12-15(4)5)22(29)23-6/h14-18H,7-13H2,1-6H3,(H-,23,24,28,29)/p+1/t16?,17-,18?/m0/s1. The van der Waals surface area contributed by atoms with E-state index in [0.717, 1.165) is 4.90 Å². The Balaban J connectivity index is 3.24. The van der Waals surface area contributed by atoms with Crippen LogP contribution < -0.4 is 10.6 Å². The Morgan fingerprint density at radius 2 is 1.59 bits per heavy atom. The normalized spacial score (nSPS) is 17.9. The van der Waals surface area contributed by atoms with E-state index >= 15 is 0 Å². The summed E-state index contributed by atoms with van der Waals surface area (Å²) >= 11 is 0. The maximum absolute atomic E-state index is 13.4. The smallest absolute Gasteiger partial charge is 0.357 e. The molecule has 182 valence electrons. The molecular weight excluding hydrogens is 433 g/mol. The first-order valence-electron chi connectivity index (χ1n) is 11.5. The predicted molar refractivity (Wildman–Crippen MR) is 122 cm³/mol. The van der Waals surface area contributed by atoms with Crippen LogP contribution in [0.25, 0.3) is 0 Å². The number of likely N-dealkylation sites (tertiary alicyclic amines) is 1. The van der Waals surface area contributed by atoms with Gasteiger partial charge in [0, 0.05) is 19.9 Å². The summed E-state index contributed by atoms with van der Waals surface area (Å²) in [4.78, 5) is 51.6. The number of amides is 4. The van der Waals surface area contributed by atoms with Crippen LogP contribution in [-0.4, -0.2) is 60.4 Å². The monoisotopic (exact) mass is 472 g/mol. The molecule has 0 aromatic rings. The van der Waals surface area contributed by atoms with Gasteiger partial charge in [-0.2, -0.15) is 0 Å². The lowest BCUT2D eigenvalue weighted by Gasteiger charge is -2.29. The lowest BCUT2D eigenvalue weighted by molar-refractivity contribution is -0.148. The Kier molecular flexibility index (Phi) is 12.0. The van der Waals surface area contributed by atoms with Crippen LogP contribution in [0.2, 0.25) is 0 Å². The molecule has 4 amide bonds. The number of rotatable bonds is 13. The number of likely N-dealkylation sites (N-methyl/N-ethyl adjacent to an activating group) is 1. The van der Waals surface area contributed by atoms with Crippen LogP contribution in [0.1, 0.15) is 66.7 Å². The van der Waals surface area contributed by atoms with E-state index in [1.807, 2.05) is 27.7 Å². The van der Waals surface area contributed by atoms with Gasteiger partial charge in [-0.25, -0.2) is 0 Å². The molecule has 1 heterocycles. The summed E-state index contributed by atoms with van der Waals surface area (Å²) in [7, 11) is -0.818. The van der Waals surface area contributed by atoms with E-state index in [4.69, 9.17) is 4.52 Å². The molecule has 0 aromatic heterocycles. The maximum Gasteiger partial charge on any atom is 0.514 e. The van der Waals surface area contributed by atoms with Gasteiger partial charge in [0.25, 0.3) is 0 Å². The van der Waals surface area contributed by atoms with Gasteiger partial charge in [0.1, 0.15) is 6.04 Å². The topological polar surface area (TPSA) is 122 Å². The van der Waals surface area contributed by atoms with Crippen LogP contribution >= 0.6 is 8.03 Å². The van der Waals surface area contributed by atoms with Gasteiger partial charge in [-0.3, -0.25) is 24.1 Å². The Bertz CT molecular complexity index is 681. The molecule has 0 spiro atoms. The fourth-order valence-electron chi connectivity index (χ4n) is 3.86. The van der Waals surface area contributed by atoms with Gasteiger partial charge < -0.3 is 10.6 Å². The average Bonchev–Trinajstić information content (AvgIpc) is 2.70. The summed E-state index contributed by atoms with van der Waals surface area (Å²) in [6.07, 6.45) is 1.82. The van der Waals surface area contributed by atoms with Crippen LogP contribution in [0.15, 0.2) is 0 Å². The molecule has 3 unspecified atom stereocenters. The van der Waals surface area contributed by atoms with Gasteiger partial charge in [-0.05, 0) is 42.6 Å². The lowest BCUT2D eigenvalue weighted by Crippen LogP contribution is -2.52. The molecule has 0 aromatic carbocycles. The minimum atomic E-state index is -2.33. The number of carbonyl (C=O) groups is 4. The third-order valence-corrected chi connectivity index (χ3v) is 6.97. The molecule has 1 saturated heterocycles. The van der Waals surface area contributed by atoms with Crippen LogP contribution in [0, 0.1) is 17.8 Å². The van der Waals surface area contributed by atoms with Gasteiger partial charge in [0.05, 0.1) is 19.1 Å². The van der Waals surface area contributed by atoms with Crippen LogP contribution in [0.5, 0.6) is 0 Å². The fourth-order valence-corrected chi connectivity index (χ4v) is 5.15. The van der Waals surface area contributed by atoms with Gasteiger partial charge in [0.15, 0.2) is 0 Å². The van der Waals surface area contributed by atoms with E-state index in [-0.39, 0.29) is 55.6 Å². The van der Waals surface area contributed by atoms with Gasteiger partial charge in [-0.1, -0.05) is 27.7 Å². The molecule has 1 fully saturated rings. The molecule has 0 bridgehead atoms. The molecule has 9 nitrogen and oxygen atoms in total. The Morgan fingerprint density at radius 3 is 2.06 bits per heavy atom. The largest absolute Gasteiger partial charge is 0.514 e. The van der Waals surface area contributed by atoms with Crippen molar-refractivity contribution in [2.24, 2.45) is 17.8 Å². The minimum absolute atomic E-state index is 0.0783. The highest BCUT2D eigenvalue weighted by Gasteiger charge is 2.47. The number of nitrogens with zero attached hydrogens (tertiary/aromatic N) is 1. The van der Waals surface area contributed by atoms with Crippen molar-refractivity contribution < 1.29 is 28.3 Å². The first-order chi connectivity index (χ1) is 15.0. The summed E-state index contributed by atoms with van der Waals surface area (Å²) in [5, 5.41) is 5.39. The Morgan fingerprint density at radius 1 is 1.03 bits per heavy atom. The molecule has 1 rings (SSSR count). The zero-order valence-electron chi connectivity index (χ0n) is 20.2. The molecular formula is C22H39N3O6P+. The van der Waals surface area contributed by atoms with Crippen molar-refractivity contribution in [2.45, 2.75) is 78.4 Å². The second-order valence-corrected chi connectivity index (χ2v) is 10.6. The van der Waals surface area contributed by atoms with Crippen LogP contribution in [0.4, 0.5) is 0 Å². The van der Waals surface area contributed by atoms with Crippen molar-refractivity contribution in [3.8, 4) is 0 Å². The van der Waals surface area contributed by atoms with Crippen molar-refractivity contribution in [2.75, 3.05) is 20.2 Å². The maximum atomic E-state index is 13.4. The van der Waals surface area contributed by atoms with E-state index in [1.54, 1.807) is 6.92 Å². The summed E-state index contributed by atoms with van der Waals surface area (Å²) < 4.78 is 18.4. The van der Waals surface area contributed by atoms with Crippen molar-refractivity contribution in [3.05, 3.63) is 0 Å². The zero-order chi connectivity index (χ0) is 24.4. The highest BCUT2D eigenvalue weighted by molar-refractivity contribution is 7.40. The lowest BCUT2D eigenvalue weighted by atomic mass is 9.91. The number of carbonyl (C=O) groups excluding carboxylic acids is 4. The number of imide groups is 1. The molecule has 1 aliphatic rings. The number of piperidine rings is 1. The molecule has 0 radical (unpaired) electrons. The number of hydrogen-bond acceptors (Lipinski definition) is 6. The molecule has 0 saturated carbocycles. The van der Waals surface area contributed by atoms with Crippen molar-refractivity contribution >= 4 is 31.7 Å². The number of hydrogen-bond donors (Lipinski definition) is 2. The SMILES string of the molecule is CCO[P+](=O)C(CN1C(=O)CCCC1=O)C(CC(C)C)C(=O)N[C@@H](CC(C)C)C(=O)NC. The summed E-state index contributed by atoms with van der Waals surface area (Å²) in [5.74, 6) is -1.90. The molecule has 0 aliphatic carbocycles. The molecule has 4 atom stereocenters. The third kappa shape index (κ3) is 8.58.